The fraction of sp³-hybridized carbons (Fsp3) is 0.833. The van der Waals surface area contributed by atoms with E-state index in [0.29, 0.717) is 45.9 Å². The summed E-state index contributed by atoms with van der Waals surface area (Å²) in [5, 5.41) is 12.2. The van der Waals surface area contributed by atoms with Crippen LogP contribution < -0.4 is 5.32 Å². The Balaban J connectivity index is 1.88. The lowest BCUT2D eigenvalue weighted by Gasteiger charge is -2.52. The number of ether oxygens (including phenoxy) is 1. The summed E-state index contributed by atoms with van der Waals surface area (Å²) >= 11 is 0. The molecule has 2 fully saturated rings. The van der Waals surface area contributed by atoms with Gasteiger partial charge in [-0.15, -0.1) is 0 Å². The van der Waals surface area contributed by atoms with Crippen LogP contribution in [0.15, 0.2) is 0 Å². The summed E-state index contributed by atoms with van der Waals surface area (Å²) in [5.74, 6) is -0.769. The first-order valence-corrected chi connectivity index (χ1v) is 6.67. The first-order chi connectivity index (χ1) is 9.07. The van der Waals surface area contributed by atoms with Crippen molar-refractivity contribution >= 4 is 12.1 Å². The molecule has 1 amide bonds. The largest absolute Gasteiger partial charge is 0.481 e. The third-order valence-electron chi connectivity index (χ3n) is 3.86. The van der Waals surface area contributed by atoms with Gasteiger partial charge in [0.1, 0.15) is 0 Å². The van der Waals surface area contributed by atoms with Gasteiger partial charge in [-0.1, -0.05) is 0 Å². The summed E-state index contributed by atoms with van der Waals surface area (Å²) in [4.78, 5) is 26.4. The summed E-state index contributed by atoms with van der Waals surface area (Å²) < 4.78 is 4.97. The molecule has 2 aliphatic rings. The van der Waals surface area contributed by atoms with Crippen molar-refractivity contribution in [3.05, 3.63) is 0 Å². The molecule has 2 N–H and O–H groups in total. The number of hydrogen-bond donors (Lipinski definition) is 2. The van der Waals surface area contributed by atoms with E-state index >= 15 is 0 Å². The molecule has 2 aliphatic heterocycles. The number of carbonyl (C=O) groups excluding carboxylic acids is 1. The van der Waals surface area contributed by atoms with Crippen molar-refractivity contribution in [3.8, 4) is 0 Å². The molecule has 0 aromatic rings. The molecule has 0 atom stereocenters. The van der Waals surface area contributed by atoms with Gasteiger partial charge in [-0.25, -0.2) is 4.79 Å². The van der Waals surface area contributed by atoms with Gasteiger partial charge in [-0.2, -0.15) is 0 Å². The minimum Gasteiger partial charge on any atom is -0.481 e. The van der Waals surface area contributed by atoms with Crippen LogP contribution in [0.3, 0.4) is 0 Å². The molecule has 2 heterocycles. The highest BCUT2D eigenvalue weighted by Gasteiger charge is 2.45. The second-order valence-corrected chi connectivity index (χ2v) is 5.07. The van der Waals surface area contributed by atoms with E-state index in [1.54, 1.807) is 11.8 Å². The molecule has 0 aromatic carbocycles. The maximum atomic E-state index is 11.6. The highest BCUT2D eigenvalue weighted by Crippen LogP contribution is 2.26. The Hall–Kier alpha value is -1.34. The van der Waals surface area contributed by atoms with Gasteiger partial charge in [0.25, 0.3) is 0 Å². The van der Waals surface area contributed by atoms with Crippen molar-refractivity contribution in [2.45, 2.75) is 18.9 Å². The van der Waals surface area contributed by atoms with Gasteiger partial charge in [-0.05, 0) is 6.92 Å². The Bertz CT molecular complexity index is 349. The second-order valence-electron chi connectivity index (χ2n) is 5.07. The number of nitrogens with one attached hydrogen (secondary N) is 1. The van der Waals surface area contributed by atoms with E-state index in [1.165, 1.54) is 0 Å². The maximum absolute atomic E-state index is 11.6. The predicted molar refractivity (Wildman–Crippen MR) is 68.0 cm³/mol. The lowest BCUT2D eigenvalue weighted by Crippen LogP contribution is -2.72. The van der Waals surface area contributed by atoms with Gasteiger partial charge in [0, 0.05) is 39.3 Å². The van der Waals surface area contributed by atoms with E-state index in [1.807, 2.05) is 0 Å². The Morgan fingerprint density at radius 3 is 2.32 bits per heavy atom. The number of carboxylic acids is 1. The fourth-order valence-electron chi connectivity index (χ4n) is 2.73. The van der Waals surface area contributed by atoms with Crippen molar-refractivity contribution < 1.29 is 19.4 Å². The van der Waals surface area contributed by atoms with E-state index in [-0.39, 0.29) is 18.1 Å². The number of carboxylic acid groups (broad SMARTS) is 1. The van der Waals surface area contributed by atoms with E-state index in [2.05, 4.69) is 10.2 Å². The van der Waals surface area contributed by atoms with Crippen molar-refractivity contribution in [2.24, 2.45) is 0 Å². The van der Waals surface area contributed by atoms with E-state index < -0.39 is 5.97 Å². The number of aliphatic carboxylic acids is 1. The molecule has 0 spiro atoms. The molecular formula is C12H21N3O4. The average Bonchev–Trinajstić information content (AvgIpc) is 2.34. The molecule has 0 aliphatic carbocycles. The average molecular weight is 271 g/mol. The number of rotatable bonds is 4. The Morgan fingerprint density at radius 2 is 1.89 bits per heavy atom. The zero-order valence-corrected chi connectivity index (χ0v) is 11.2. The van der Waals surface area contributed by atoms with Gasteiger partial charge in [0.15, 0.2) is 0 Å². The number of amides is 1. The highest BCUT2D eigenvalue weighted by atomic mass is 16.6. The smallest absolute Gasteiger partial charge is 0.409 e. The Kier molecular flexibility index (Phi) is 4.26. The Morgan fingerprint density at radius 1 is 1.26 bits per heavy atom. The first kappa shape index (κ1) is 14.1. The monoisotopic (exact) mass is 271 g/mol. The third-order valence-corrected chi connectivity index (χ3v) is 3.86. The molecule has 19 heavy (non-hydrogen) atoms. The topological polar surface area (TPSA) is 82.1 Å². The van der Waals surface area contributed by atoms with Gasteiger partial charge in [-0.3, -0.25) is 9.69 Å². The third kappa shape index (κ3) is 2.98. The number of carbonyl (C=O) groups is 2. The van der Waals surface area contributed by atoms with Crippen molar-refractivity contribution in [1.82, 2.24) is 15.1 Å². The van der Waals surface area contributed by atoms with E-state index in [0.717, 1.165) is 0 Å². The van der Waals surface area contributed by atoms with Gasteiger partial charge >= 0.3 is 12.1 Å². The van der Waals surface area contributed by atoms with Crippen LogP contribution in [-0.2, 0) is 9.53 Å². The minimum atomic E-state index is -0.769. The van der Waals surface area contributed by atoms with Crippen molar-refractivity contribution in [3.63, 3.8) is 0 Å². The highest BCUT2D eigenvalue weighted by molar-refractivity contribution is 5.69. The van der Waals surface area contributed by atoms with Crippen LogP contribution in [0.1, 0.15) is 13.3 Å². The normalized spacial score (nSPS) is 22.7. The van der Waals surface area contributed by atoms with Crippen LogP contribution in [-0.4, -0.2) is 78.4 Å². The van der Waals surface area contributed by atoms with Crippen LogP contribution >= 0.6 is 0 Å². The maximum Gasteiger partial charge on any atom is 0.409 e. The fourth-order valence-corrected chi connectivity index (χ4v) is 2.73. The molecule has 0 aromatic heterocycles. The van der Waals surface area contributed by atoms with Gasteiger partial charge in [0.05, 0.1) is 18.6 Å². The molecule has 2 rings (SSSR count). The van der Waals surface area contributed by atoms with Crippen molar-refractivity contribution in [1.29, 1.82) is 0 Å². The zero-order valence-electron chi connectivity index (χ0n) is 11.2. The van der Waals surface area contributed by atoms with Crippen LogP contribution in [0.2, 0.25) is 0 Å². The molecule has 7 heteroatoms. The summed E-state index contributed by atoms with van der Waals surface area (Å²) in [7, 11) is 0. The van der Waals surface area contributed by atoms with Crippen LogP contribution in [0.25, 0.3) is 0 Å². The molecular weight excluding hydrogens is 250 g/mol. The summed E-state index contributed by atoms with van der Waals surface area (Å²) in [6, 6.07) is 0. The Labute approximate surface area is 112 Å². The second kappa shape index (κ2) is 5.75. The summed E-state index contributed by atoms with van der Waals surface area (Å²) in [5.41, 5.74) is -0.271. The SMILES string of the molecule is CCOC(=O)N1CCN(C2(CC(=O)O)CNC2)CC1. The minimum absolute atomic E-state index is 0.152. The molecule has 0 saturated carbocycles. The van der Waals surface area contributed by atoms with Crippen LogP contribution in [0.4, 0.5) is 4.79 Å². The molecule has 108 valence electrons. The number of nitrogens with zero attached hydrogens (tertiary/aromatic N) is 2. The van der Waals surface area contributed by atoms with E-state index in [4.69, 9.17) is 9.84 Å². The summed E-state index contributed by atoms with van der Waals surface area (Å²) in [6.07, 6.45) is -0.125. The van der Waals surface area contributed by atoms with Crippen LogP contribution in [0.5, 0.6) is 0 Å². The molecule has 0 unspecified atom stereocenters. The molecule has 0 bridgehead atoms. The molecule has 7 nitrogen and oxygen atoms in total. The first-order valence-electron chi connectivity index (χ1n) is 6.67. The predicted octanol–water partition coefficient (Wildman–Crippen LogP) is -0.423. The lowest BCUT2D eigenvalue weighted by molar-refractivity contribution is -0.142. The van der Waals surface area contributed by atoms with Crippen LogP contribution in [0, 0.1) is 0 Å². The van der Waals surface area contributed by atoms with Crippen molar-refractivity contribution in [2.75, 3.05) is 45.9 Å². The molecule has 2 saturated heterocycles. The molecule has 0 radical (unpaired) electrons. The summed E-state index contributed by atoms with van der Waals surface area (Å²) in [6.45, 7) is 6.18. The lowest BCUT2D eigenvalue weighted by atomic mass is 9.86. The number of hydrogen-bond acceptors (Lipinski definition) is 5. The van der Waals surface area contributed by atoms with Gasteiger partial charge < -0.3 is 20.1 Å². The zero-order chi connectivity index (χ0) is 13.9. The van der Waals surface area contributed by atoms with E-state index in [9.17, 15) is 9.59 Å². The quantitative estimate of drug-likeness (QED) is 0.722. The standard InChI is InChI=1S/C12H21N3O4/c1-2-19-11(18)14-3-5-15(6-4-14)12(7-10(16)17)8-13-9-12/h13H,2-9H2,1H3,(H,16,17). The van der Waals surface area contributed by atoms with Gasteiger partial charge in [0.2, 0.25) is 0 Å². The number of piperazine rings is 1.